The Kier molecular flexibility index (Phi) is 4.74. The minimum absolute atomic E-state index is 0.171. The second-order valence-electron chi connectivity index (χ2n) is 5.11. The molecule has 0 aromatic carbocycles. The van der Waals surface area contributed by atoms with E-state index in [1.54, 1.807) is 6.07 Å². The molecule has 0 saturated heterocycles. The number of nitrogens with zero attached hydrogens (tertiary/aromatic N) is 1. The maximum Gasteiger partial charge on any atom is 0.320 e. The van der Waals surface area contributed by atoms with Gasteiger partial charge in [0.05, 0.1) is 6.10 Å². The molecular weight excluding hydrogens is 242 g/mol. The highest BCUT2D eigenvalue weighted by atomic mass is 16.3. The summed E-state index contributed by atoms with van der Waals surface area (Å²) >= 11 is 0. The van der Waals surface area contributed by atoms with Gasteiger partial charge in [0, 0.05) is 18.2 Å². The number of nitrogens with one attached hydrogen (secondary N) is 2. The molecule has 0 spiro atoms. The van der Waals surface area contributed by atoms with Crippen LogP contribution in [0.2, 0.25) is 0 Å². The minimum Gasteiger partial charge on any atom is -0.393 e. The average molecular weight is 263 g/mol. The second kappa shape index (κ2) is 6.52. The molecule has 1 aromatic heterocycles. The molecule has 5 nitrogen and oxygen atoms in total. The van der Waals surface area contributed by atoms with Gasteiger partial charge in [0.15, 0.2) is 0 Å². The van der Waals surface area contributed by atoms with E-state index in [9.17, 15) is 9.90 Å². The number of amides is 2. The van der Waals surface area contributed by atoms with Gasteiger partial charge in [-0.15, -0.1) is 0 Å². The van der Waals surface area contributed by atoms with Crippen molar-refractivity contribution >= 4 is 11.8 Å². The molecule has 0 bridgehead atoms. The van der Waals surface area contributed by atoms with Gasteiger partial charge in [-0.25, -0.2) is 9.78 Å². The van der Waals surface area contributed by atoms with Gasteiger partial charge in [-0.1, -0.05) is 18.9 Å². The van der Waals surface area contributed by atoms with E-state index in [4.69, 9.17) is 0 Å². The first-order chi connectivity index (χ1) is 9.15. The Bertz CT molecular complexity index is 436. The smallest absolute Gasteiger partial charge is 0.320 e. The van der Waals surface area contributed by atoms with Crippen molar-refractivity contribution in [2.75, 3.05) is 11.9 Å². The van der Waals surface area contributed by atoms with Crippen molar-refractivity contribution in [1.29, 1.82) is 0 Å². The highest BCUT2D eigenvalue weighted by molar-refractivity contribution is 5.88. The molecule has 0 aliphatic heterocycles. The Labute approximate surface area is 113 Å². The zero-order chi connectivity index (χ0) is 13.7. The van der Waals surface area contributed by atoms with Crippen LogP contribution in [0.1, 0.15) is 31.4 Å². The summed E-state index contributed by atoms with van der Waals surface area (Å²) in [7, 11) is 0. The predicted molar refractivity (Wildman–Crippen MR) is 74.0 cm³/mol. The monoisotopic (exact) mass is 263 g/mol. The molecule has 1 fully saturated rings. The average Bonchev–Trinajstić information content (AvgIpc) is 2.38. The van der Waals surface area contributed by atoms with Gasteiger partial charge in [-0.3, -0.25) is 5.32 Å². The van der Waals surface area contributed by atoms with Gasteiger partial charge in [0.2, 0.25) is 0 Å². The van der Waals surface area contributed by atoms with Crippen molar-refractivity contribution in [3.8, 4) is 0 Å². The van der Waals surface area contributed by atoms with Crippen LogP contribution in [0.15, 0.2) is 18.2 Å². The lowest BCUT2D eigenvalue weighted by Gasteiger charge is -2.27. The lowest BCUT2D eigenvalue weighted by atomic mass is 9.86. The summed E-state index contributed by atoms with van der Waals surface area (Å²) in [6.07, 6.45) is 3.74. The van der Waals surface area contributed by atoms with E-state index in [2.05, 4.69) is 15.6 Å². The van der Waals surface area contributed by atoms with Crippen molar-refractivity contribution in [1.82, 2.24) is 10.3 Å². The van der Waals surface area contributed by atoms with Gasteiger partial charge in [-0.2, -0.15) is 0 Å². The minimum atomic E-state index is -0.286. The van der Waals surface area contributed by atoms with Crippen molar-refractivity contribution in [2.45, 2.75) is 38.7 Å². The third kappa shape index (κ3) is 4.21. The molecule has 1 aliphatic rings. The molecule has 3 N–H and O–H groups in total. The number of carbonyl (C=O) groups is 1. The van der Waals surface area contributed by atoms with Gasteiger partial charge in [0.1, 0.15) is 5.82 Å². The van der Waals surface area contributed by atoms with E-state index >= 15 is 0 Å². The van der Waals surface area contributed by atoms with Crippen LogP contribution in [0.3, 0.4) is 0 Å². The maximum absolute atomic E-state index is 11.7. The highest BCUT2D eigenvalue weighted by Gasteiger charge is 2.23. The van der Waals surface area contributed by atoms with Crippen molar-refractivity contribution < 1.29 is 9.90 Å². The number of urea groups is 1. The number of rotatable bonds is 3. The van der Waals surface area contributed by atoms with E-state index in [1.165, 1.54) is 0 Å². The van der Waals surface area contributed by atoms with Crippen molar-refractivity contribution in [3.63, 3.8) is 0 Å². The van der Waals surface area contributed by atoms with E-state index < -0.39 is 0 Å². The van der Waals surface area contributed by atoms with Crippen LogP contribution in [0, 0.1) is 12.8 Å². The van der Waals surface area contributed by atoms with E-state index in [0.29, 0.717) is 12.4 Å². The highest BCUT2D eigenvalue weighted by Crippen LogP contribution is 2.23. The number of pyridine rings is 1. The second-order valence-corrected chi connectivity index (χ2v) is 5.11. The van der Waals surface area contributed by atoms with Gasteiger partial charge in [-0.05, 0) is 31.9 Å². The van der Waals surface area contributed by atoms with Crippen LogP contribution in [-0.4, -0.2) is 28.8 Å². The van der Waals surface area contributed by atoms with Gasteiger partial charge < -0.3 is 10.4 Å². The Morgan fingerprint density at radius 2 is 2.21 bits per heavy atom. The number of carbonyl (C=O) groups excluding carboxylic acids is 1. The van der Waals surface area contributed by atoms with Crippen LogP contribution in [0.4, 0.5) is 10.6 Å². The molecule has 1 aromatic rings. The third-order valence-electron chi connectivity index (χ3n) is 3.52. The quantitative estimate of drug-likeness (QED) is 0.781. The zero-order valence-corrected chi connectivity index (χ0v) is 11.2. The fourth-order valence-corrected chi connectivity index (χ4v) is 2.42. The van der Waals surface area contributed by atoms with Gasteiger partial charge in [0.25, 0.3) is 0 Å². The van der Waals surface area contributed by atoms with E-state index in [-0.39, 0.29) is 18.1 Å². The predicted octanol–water partition coefficient (Wildman–Crippen LogP) is 2.06. The lowest BCUT2D eigenvalue weighted by Crippen LogP contribution is -2.38. The molecule has 0 radical (unpaired) electrons. The van der Waals surface area contributed by atoms with Crippen LogP contribution >= 0.6 is 0 Å². The molecule has 1 saturated carbocycles. The Hall–Kier alpha value is -1.62. The topological polar surface area (TPSA) is 74.2 Å². The first-order valence-electron chi connectivity index (χ1n) is 6.82. The molecule has 5 heteroatoms. The fourth-order valence-electron chi connectivity index (χ4n) is 2.42. The Balaban J connectivity index is 1.78. The van der Waals surface area contributed by atoms with Crippen LogP contribution in [0.25, 0.3) is 0 Å². The number of hydrogen-bond acceptors (Lipinski definition) is 3. The summed E-state index contributed by atoms with van der Waals surface area (Å²) in [6.45, 7) is 2.39. The summed E-state index contributed by atoms with van der Waals surface area (Å²) < 4.78 is 0. The Morgan fingerprint density at radius 1 is 1.42 bits per heavy atom. The van der Waals surface area contributed by atoms with Crippen LogP contribution < -0.4 is 10.6 Å². The van der Waals surface area contributed by atoms with Crippen LogP contribution in [-0.2, 0) is 0 Å². The molecule has 1 aliphatic carbocycles. The fraction of sp³-hybridized carbons (Fsp3) is 0.571. The molecule has 1 heterocycles. The summed E-state index contributed by atoms with van der Waals surface area (Å²) in [5, 5.41) is 15.3. The SMILES string of the molecule is Cc1cccc(NC(=O)NC[C@@H]2CCCC[C@H]2O)n1. The zero-order valence-electron chi connectivity index (χ0n) is 11.2. The first kappa shape index (κ1) is 13.8. The van der Waals surface area contributed by atoms with Crippen molar-refractivity contribution in [2.24, 2.45) is 5.92 Å². The number of aliphatic hydroxyl groups is 1. The number of aliphatic hydroxyl groups excluding tert-OH is 1. The van der Waals surface area contributed by atoms with Crippen LogP contribution in [0.5, 0.6) is 0 Å². The van der Waals surface area contributed by atoms with E-state index in [0.717, 1.165) is 31.4 Å². The molecule has 2 atom stereocenters. The molecule has 2 rings (SSSR count). The summed E-state index contributed by atoms with van der Waals surface area (Å²) in [4.78, 5) is 15.9. The van der Waals surface area contributed by atoms with Gasteiger partial charge >= 0.3 is 6.03 Å². The Morgan fingerprint density at radius 3 is 2.95 bits per heavy atom. The molecule has 2 amide bonds. The van der Waals surface area contributed by atoms with E-state index in [1.807, 2.05) is 19.1 Å². The number of aromatic nitrogens is 1. The molecule has 0 unspecified atom stereocenters. The number of anilines is 1. The summed E-state index contributed by atoms with van der Waals surface area (Å²) in [6, 6.07) is 5.21. The molecule has 19 heavy (non-hydrogen) atoms. The first-order valence-corrected chi connectivity index (χ1v) is 6.82. The summed E-state index contributed by atoms with van der Waals surface area (Å²) in [5.41, 5.74) is 0.862. The lowest BCUT2D eigenvalue weighted by molar-refractivity contribution is 0.0711. The molecular formula is C14H21N3O2. The maximum atomic E-state index is 11.7. The largest absolute Gasteiger partial charge is 0.393 e. The normalized spacial score (nSPS) is 22.8. The number of hydrogen-bond donors (Lipinski definition) is 3. The standard InChI is InChI=1S/C14H21N3O2/c1-10-5-4-8-13(16-10)17-14(19)15-9-11-6-2-3-7-12(11)18/h4-5,8,11-12,18H,2-3,6-7,9H2,1H3,(H2,15,16,17,19)/t11-,12+/m0/s1. The summed E-state index contributed by atoms with van der Waals surface area (Å²) in [5.74, 6) is 0.715. The van der Waals surface area contributed by atoms with Crippen molar-refractivity contribution in [3.05, 3.63) is 23.9 Å². The number of aryl methyl sites for hydroxylation is 1. The molecule has 104 valence electrons. The third-order valence-corrected chi connectivity index (χ3v) is 3.52.